The van der Waals surface area contributed by atoms with E-state index in [0.717, 1.165) is 48.5 Å². The van der Waals surface area contributed by atoms with Gasteiger partial charge in [-0.3, -0.25) is 4.79 Å². The van der Waals surface area contributed by atoms with E-state index in [1.165, 1.54) is 0 Å². The van der Waals surface area contributed by atoms with Crippen LogP contribution in [0.15, 0.2) is 18.2 Å². The standard InChI is InChI=1S/C18H25N5O2.ClH/c1-12-4-5-14(10-16(12)25-3)11-20-18(24)17-13(2)23(22-21-17)15-6-8-19-9-7-15;/h4-5,10,15,19H,6-9,11H2,1-3H3,(H,20,24);1H. The van der Waals surface area contributed by atoms with Crippen LogP contribution in [0.2, 0.25) is 0 Å². The number of ether oxygens (including phenoxy) is 1. The van der Waals surface area contributed by atoms with E-state index < -0.39 is 0 Å². The average Bonchev–Trinajstić information content (AvgIpc) is 3.03. The Balaban J connectivity index is 0.00000243. The monoisotopic (exact) mass is 379 g/mol. The van der Waals surface area contributed by atoms with Crippen molar-refractivity contribution in [3.63, 3.8) is 0 Å². The number of nitrogens with one attached hydrogen (secondary N) is 2. The highest BCUT2D eigenvalue weighted by atomic mass is 35.5. The summed E-state index contributed by atoms with van der Waals surface area (Å²) in [5.41, 5.74) is 3.28. The van der Waals surface area contributed by atoms with Gasteiger partial charge in [0.15, 0.2) is 5.69 Å². The first-order valence-electron chi connectivity index (χ1n) is 8.64. The molecule has 0 spiro atoms. The number of methoxy groups -OCH3 is 1. The molecule has 3 rings (SSSR count). The van der Waals surface area contributed by atoms with Crippen molar-refractivity contribution in [2.24, 2.45) is 0 Å². The molecular formula is C18H26ClN5O2. The van der Waals surface area contributed by atoms with Crippen LogP contribution in [-0.2, 0) is 6.54 Å². The van der Waals surface area contributed by atoms with E-state index in [1.807, 2.05) is 36.7 Å². The zero-order valence-electron chi connectivity index (χ0n) is 15.4. The van der Waals surface area contributed by atoms with Crippen LogP contribution in [0.1, 0.15) is 46.2 Å². The van der Waals surface area contributed by atoms with Crippen LogP contribution in [-0.4, -0.2) is 41.1 Å². The number of aromatic nitrogens is 3. The summed E-state index contributed by atoms with van der Waals surface area (Å²) in [5.74, 6) is 0.622. The predicted octanol–water partition coefficient (Wildman–Crippen LogP) is 2.18. The maximum atomic E-state index is 12.5. The summed E-state index contributed by atoms with van der Waals surface area (Å²) < 4.78 is 7.22. The van der Waals surface area contributed by atoms with E-state index in [9.17, 15) is 4.79 Å². The van der Waals surface area contributed by atoms with Crippen LogP contribution < -0.4 is 15.4 Å². The highest BCUT2D eigenvalue weighted by molar-refractivity contribution is 5.93. The molecule has 2 heterocycles. The first-order chi connectivity index (χ1) is 12.1. The summed E-state index contributed by atoms with van der Waals surface area (Å²) in [7, 11) is 1.65. The number of nitrogens with zero attached hydrogens (tertiary/aromatic N) is 3. The maximum Gasteiger partial charge on any atom is 0.274 e. The fourth-order valence-corrected chi connectivity index (χ4v) is 3.19. The van der Waals surface area contributed by atoms with Gasteiger partial charge in [-0.25, -0.2) is 4.68 Å². The highest BCUT2D eigenvalue weighted by Crippen LogP contribution is 2.21. The lowest BCUT2D eigenvalue weighted by Crippen LogP contribution is -2.30. The first-order valence-corrected chi connectivity index (χ1v) is 8.64. The Morgan fingerprint density at radius 1 is 1.35 bits per heavy atom. The van der Waals surface area contributed by atoms with Crippen molar-refractivity contribution in [3.8, 4) is 5.75 Å². The van der Waals surface area contributed by atoms with Crippen molar-refractivity contribution in [1.82, 2.24) is 25.6 Å². The van der Waals surface area contributed by atoms with Crippen molar-refractivity contribution >= 4 is 18.3 Å². The Bertz CT molecular complexity index is 756. The van der Waals surface area contributed by atoms with Crippen molar-refractivity contribution in [2.45, 2.75) is 39.3 Å². The maximum absolute atomic E-state index is 12.5. The van der Waals surface area contributed by atoms with E-state index in [1.54, 1.807) is 7.11 Å². The number of rotatable bonds is 5. The summed E-state index contributed by atoms with van der Waals surface area (Å²) in [5, 5.41) is 14.6. The quantitative estimate of drug-likeness (QED) is 0.832. The third-order valence-corrected chi connectivity index (χ3v) is 4.72. The topological polar surface area (TPSA) is 81.1 Å². The zero-order chi connectivity index (χ0) is 17.8. The first kappa shape index (κ1) is 20.2. The minimum atomic E-state index is -0.197. The molecule has 0 aliphatic carbocycles. The normalized spacial score (nSPS) is 14.6. The van der Waals surface area contributed by atoms with Gasteiger partial charge < -0.3 is 15.4 Å². The third-order valence-electron chi connectivity index (χ3n) is 4.72. The molecule has 2 N–H and O–H groups in total. The summed E-state index contributed by atoms with van der Waals surface area (Å²) in [6.07, 6.45) is 2.02. The molecule has 1 saturated heterocycles. The Labute approximate surface area is 159 Å². The van der Waals surface area contributed by atoms with Crippen LogP contribution in [0.3, 0.4) is 0 Å². The Kier molecular flexibility index (Phi) is 6.99. The molecule has 1 aromatic carbocycles. The summed E-state index contributed by atoms with van der Waals surface area (Å²) in [4.78, 5) is 12.5. The molecule has 0 radical (unpaired) electrons. The molecule has 1 amide bonds. The summed E-state index contributed by atoms with van der Waals surface area (Å²) in [6, 6.07) is 6.22. The largest absolute Gasteiger partial charge is 0.496 e. The van der Waals surface area contributed by atoms with Gasteiger partial charge in [-0.1, -0.05) is 17.3 Å². The average molecular weight is 380 g/mol. The van der Waals surface area contributed by atoms with E-state index in [4.69, 9.17) is 4.74 Å². The fourth-order valence-electron chi connectivity index (χ4n) is 3.19. The summed E-state index contributed by atoms with van der Waals surface area (Å²) in [6.45, 7) is 6.27. The minimum Gasteiger partial charge on any atom is -0.496 e. The van der Waals surface area contributed by atoms with Crippen molar-refractivity contribution in [1.29, 1.82) is 0 Å². The zero-order valence-corrected chi connectivity index (χ0v) is 16.2. The van der Waals surface area contributed by atoms with E-state index in [-0.39, 0.29) is 18.3 Å². The van der Waals surface area contributed by atoms with Gasteiger partial charge in [0.25, 0.3) is 5.91 Å². The van der Waals surface area contributed by atoms with Gasteiger partial charge in [0.05, 0.1) is 18.8 Å². The SMILES string of the molecule is COc1cc(CNC(=O)c2nnn(C3CCNCC3)c2C)ccc1C.Cl. The number of carbonyl (C=O) groups is 1. The van der Waals surface area contributed by atoms with Crippen LogP contribution in [0.5, 0.6) is 5.75 Å². The molecule has 0 atom stereocenters. The number of carbonyl (C=O) groups excluding carboxylic acids is 1. The summed E-state index contributed by atoms with van der Waals surface area (Å²) >= 11 is 0. The minimum absolute atomic E-state index is 0. The molecule has 1 aliphatic rings. The molecule has 7 nitrogen and oxygen atoms in total. The van der Waals surface area contributed by atoms with Crippen molar-refractivity contribution in [3.05, 3.63) is 40.7 Å². The van der Waals surface area contributed by atoms with E-state index in [2.05, 4.69) is 20.9 Å². The van der Waals surface area contributed by atoms with Crippen LogP contribution in [0.25, 0.3) is 0 Å². The Morgan fingerprint density at radius 2 is 2.08 bits per heavy atom. The van der Waals surface area contributed by atoms with Gasteiger partial charge in [0, 0.05) is 6.54 Å². The van der Waals surface area contributed by atoms with Gasteiger partial charge in [-0.2, -0.15) is 0 Å². The Hall–Kier alpha value is -2.12. The molecule has 0 bridgehead atoms. The predicted molar refractivity (Wildman–Crippen MR) is 102 cm³/mol. The van der Waals surface area contributed by atoms with Crippen LogP contribution in [0.4, 0.5) is 0 Å². The van der Waals surface area contributed by atoms with Gasteiger partial charge in [0.1, 0.15) is 5.75 Å². The number of hydrogen-bond donors (Lipinski definition) is 2. The van der Waals surface area contributed by atoms with E-state index in [0.29, 0.717) is 18.3 Å². The lowest BCUT2D eigenvalue weighted by molar-refractivity contribution is 0.0945. The van der Waals surface area contributed by atoms with Crippen molar-refractivity contribution in [2.75, 3.05) is 20.2 Å². The molecule has 142 valence electrons. The second-order valence-electron chi connectivity index (χ2n) is 6.44. The molecule has 26 heavy (non-hydrogen) atoms. The number of piperidine rings is 1. The molecule has 1 aromatic heterocycles. The lowest BCUT2D eigenvalue weighted by Gasteiger charge is -2.23. The van der Waals surface area contributed by atoms with Gasteiger partial charge in [-0.05, 0) is 57.0 Å². The highest BCUT2D eigenvalue weighted by Gasteiger charge is 2.22. The van der Waals surface area contributed by atoms with Gasteiger partial charge >= 0.3 is 0 Å². The lowest BCUT2D eigenvalue weighted by atomic mass is 10.1. The number of halogens is 1. The number of hydrogen-bond acceptors (Lipinski definition) is 5. The van der Waals surface area contributed by atoms with Crippen molar-refractivity contribution < 1.29 is 9.53 Å². The van der Waals surface area contributed by atoms with Crippen LogP contribution >= 0.6 is 12.4 Å². The fraction of sp³-hybridized carbons (Fsp3) is 0.500. The van der Waals surface area contributed by atoms with Crippen LogP contribution in [0, 0.1) is 13.8 Å². The van der Waals surface area contributed by atoms with E-state index >= 15 is 0 Å². The third kappa shape index (κ3) is 4.34. The number of amides is 1. The smallest absolute Gasteiger partial charge is 0.274 e. The Morgan fingerprint density at radius 3 is 2.77 bits per heavy atom. The molecule has 8 heteroatoms. The molecule has 1 aliphatic heterocycles. The molecular weight excluding hydrogens is 354 g/mol. The van der Waals surface area contributed by atoms with Gasteiger partial charge in [-0.15, -0.1) is 17.5 Å². The number of benzene rings is 1. The number of aryl methyl sites for hydroxylation is 1. The molecule has 0 saturated carbocycles. The van der Waals surface area contributed by atoms with Gasteiger partial charge in [0.2, 0.25) is 0 Å². The second kappa shape index (κ2) is 9.00. The molecule has 1 fully saturated rings. The second-order valence-corrected chi connectivity index (χ2v) is 6.44. The molecule has 2 aromatic rings. The molecule has 0 unspecified atom stereocenters.